The molecule has 0 bridgehead atoms. The van der Waals surface area contributed by atoms with Crippen molar-refractivity contribution in [2.45, 2.75) is 32.5 Å². The van der Waals surface area contributed by atoms with Gasteiger partial charge in [-0.15, -0.1) is 11.3 Å². The number of hydrogen-bond acceptors (Lipinski definition) is 8. The third-order valence-electron chi connectivity index (χ3n) is 7.21. The Bertz CT molecular complexity index is 1540. The van der Waals surface area contributed by atoms with Gasteiger partial charge in [0.2, 0.25) is 0 Å². The van der Waals surface area contributed by atoms with Crippen LogP contribution in [0.5, 0.6) is 5.75 Å². The largest absolute Gasteiger partial charge is 0.491 e. The number of benzene rings is 3. The quantitative estimate of drug-likeness (QED) is 0.291. The molecule has 0 radical (unpaired) electrons. The molecule has 1 aliphatic heterocycles. The second-order valence-electron chi connectivity index (χ2n) is 10.1. The van der Waals surface area contributed by atoms with E-state index in [4.69, 9.17) is 9.26 Å². The predicted molar refractivity (Wildman–Crippen MR) is 152 cm³/mol. The van der Waals surface area contributed by atoms with E-state index < -0.39 is 6.10 Å². The van der Waals surface area contributed by atoms with Crippen molar-refractivity contribution in [1.82, 2.24) is 19.9 Å². The van der Waals surface area contributed by atoms with Crippen LogP contribution in [0, 0.1) is 6.92 Å². The van der Waals surface area contributed by atoms with Crippen molar-refractivity contribution < 1.29 is 14.4 Å². The minimum absolute atomic E-state index is 0.263. The van der Waals surface area contributed by atoms with Gasteiger partial charge in [0.1, 0.15) is 18.5 Å². The van der Waals surface area contributed by atoms with Crippen LogP contribution >= 0.6 is 11.3 Å². The molecule has 1 N–H and O–H groups in total. The molecule has 0 saturated carbocycles. The number of piperazine rings is 1. The Morgan fingerprint density at radius 2 is 1.97 bits per heavy atom. The Kier molecular flexibility index (Phi) is 7.12. The normalized spacial score (nSPS) is 17.8. The highest BCUT2D eigenvalue weighted by molar-refractivity contribution is 7.18. The molecule has 6 rings (SSSR count). The number of aliphatic hydroxyl groups excluding tert-OH is 1. The van der Waals surface area contributed by atoms with Gasteiger partial charge in [-0.1, -0.05) is 47.6 Å². The summed E-state index contributed by atoms with van der Waals surface area (Å²) in [6, 6.07) is 22.9. The first-order chi connectivity index (χ1) is 18.5. The van der Waals surface area contributed by atoms with E-state index in [0.29, 0.717) is 12.6 Å². The van der Waals surface area contributed by atoms with Gasteiger partial charge in [-0.05, 0) is 36.8 Å². The summed E-state index contributed by atoms with van der Waals surface area (Å²) in [7, 11) is 0. The number of nitrogens with zero attached hydrogens (tertiary/aromatic N) is 4. The average molecular weight is 529 g/mol. The van der Waals surface area contributed by atoms with E-state index in [2.05, 4.69) is 75.4 Å². The number of thiazole rings is 1. The number of aliphatic hydroxyl groups is 1. The number of hydrogen-bond donors (Lipinski definition) is 1. The molecular weight excluding hydrogens is 496 g/mol. The summed E-state index contributed by atoms with van der Waals surface area (Å²) in [5.74, 6) is 1.55. The fourth-order valence-electron chi connectivity index (χ4n) is 5.29. The minimum atomic E-state index is -0.555. The number of aryl methyl sites for hydroxylation is 1. The molecule has 3 heterocycles. The molecule has 1 saturated heterocycles. The van der Waals surface area contributed by atoms with Crippen LogP contribution in [0.25, 0.3) is 32.3 Å². The first-order valence-corrected chi connectivity index (χ1v) is 13.9. The summed E-state index contributed by atoms with van der Waals surface area (Å²) in [6.07, 6.45) is -0.555. The maximum absolute atomic E-state index is 10.6. The molecular formula is C30H32N4O3S. The fraction of sp³-hybridized carbons (Fsp3) is 0.333. The van der Waals surface area contributed by atoms with Gasteiger partial charge in [-0.3, -0.25) is 9.80 Å². The second kappa shape index (κ2) is 10.8. The summed E-state index contributed by atoms with van der Waals surface area (Å²) in [6.45, 7) is 8.51. The smallest absolute Gasteiger partial charge is 0.167 e. The highest BCUT2D eigenvalue weighted by atomic mass is 32.1. The summed E-state index contributed by atoms with van der Waals surface area (Å²) in [5, 5.41) is 18.4. The summed E-state index contributed by atoms with van der Waals surface area (Å²) in [5.41, 5.74) is 2.95. The van der Waals surface area contributed by atoms with Crippen LogP contribution in [0.3, 0.4) is 0 Å². The molecule has 2 atom stereocenters. The molecule has 5 aromatic rings. The lowest BCUT2D eigenvalue weighted by atomic mass is 10.0. The van der Waals surface area contributed by atoms with E-state index in [1.807, 2.05) is 25.1 Å². The molecule has 0 aliphatic carbocycles. The van der Waals surface area contributed by atoms with Crippen molar-refractivity contribution in [3.8, 4) is 17.1 Å². The number of rotatable bonds is 8. The third kappa shape index (κ3) is 5.44. The van der Waals surface area contributed by atoms with E-state index in [1.165, 1.54) is 10.8 Å². The maximum Gasteiger partial charge on any atom is 0.167 e. The van der Waals surface area contributed by atoms with E-state index in [9.17, 15) is 5.11 Å². The summed E-state index contributed by atoms with van der Waals surface area (Å²) < 4.78 is 12.8. The Labute approximate surface area is 226 Å². The van der Waals surface area contributed by atoms with E-state index in [-0.39, 0.29) is 6.61 Å². The highest BCUT2D eigenvalue weighted by Crippen LogP contribution is 2.30. The van der Waals surface area contributed by atoms with E-state index in [0.717, 1.165) is 64.2 Å². The lowest BCUT2D eigenvalue weighted by Crippen LogP contribution is -2.53. The monoisotopic (exact) mass is 528 g/mol. The van der Waals surface area contributed by atoms with Crippen LogP contribution in [0.2, 0.25) is 0 Å². The van der Waals surface area contributed by atoms with Gasteiger partial charge in [0.25, 0.3) is 0 Å². The highest BCUT2D eigenvalue weighted by Gasteiger charge is 2.26. The maximum atomic E-state index is 10.6. The molecule has 1 unspecified atom stereocenters. The first kappa shape index (κ1) is 25.0. The van der Waals surface area contributed by atoms with Crippen LogP contribution in [0.15, 0.2) is 71.3 Å². The lowest BCUT2D eigenvalue weighted by molar-refractivity contribution is 0.0250. The number of β-amino-alcohol motifs (C(OH)–C–C–N with tert-alkyl or cyclic N) is 1. The van der Waals surface area contributed by atoms with Crippen molar-refractivity contribution in [2.75, 3.05) is 32.8 Å². The molecule has 0 amide bonds. The molecule has 38 heavy (non-hydrogen) atoms. The standard InChI is InChI=1S/C30H32N4O3S/c1-20-16-33(18-24(35)19-36-25-10-11-30-28(15-25)31-21(2)38-30)12-13-34(20)17-23-14-29(37-32-23)27-9-5-7-22-6-3-4-8-26(22)27/h3-11,14-15,20,24,35H,12-13,16-19H2,1-2H3/t20?,24-/m1/s1. The average Bonchev–Trinajstić information content (AvgIpc) is 3.54. The zero-order valence-corrected chi connectivity index (χ0v) is 22.5. The minimum Gasteiger partial charge on any atom is -0.491 e. The Morgan fingerprint density at radius 3 is 2.87 bits per heavy atom. The second-order valence-corrected chi connectivity index (χ2v) is 11.4. The molecule has 1 aliphatic rings. The Morgan fingerprint density at radius 1 is 1.11 bits per heavy atom. The van der Waals surface area contributed by atoms with Crippen LogP contribution in [0.1, 0.15) is 17.6 Å². The summed E-state index contributed by atoms with van der Waals surface area (Å²) in [4.78, 5) is 9.26. The van der Waals surface area contributed by atoms with Crippen molar-refractivity contribution >= 4 is 32.3 Å². The number of ether oxygens (including phenoxy) is 1. The zero-order chi connectivity index (χ0) is 26.1. The molecule has 1 fully saturated rings. The first-order valence-electron chi connectivity index (χ1n) is 13.1. The van der Waals surface area contributed by atoms with Gasteiger partial charge >= 0.3 is 0 Å². The number of fused-ring (bicyclic) bond motifs is 2. The Balaban J connectivity index is 1.01. The van der Waals surface area contributed by atoms with Gasteiger partial charge in [0, 0.05) is 56.5 Å². The predicted octanol–water partition coefficient (Wildman–Crippen LogP) is 5.36. The number of aromatic nitrogens is 2. The molecule has 8 heteroatoms. The van der Waals surface area contributed by atoms with Gasteiger partial charge in [0.05, 0.1) is 20.9 Å². The van der Waals surface area contributed by atoms with E-state index in [1.54, 1.807) is 11.3 Å². The molecule has 3 aromatic carbocycles. The van der Waals surface area contributed by atoms with Crippen molar-refractivity contribution in [1.29, 1.82) is 0 Å². The van der Waals surface area contributed by atoms with Gasteiger partial charge in [-0.2, -0.15) is 0 Å². The molecule has 0 spiro atoms. The third-order valence-corrected chi connectivity index (χ3v) is 8.16. The van der Waals surface area contributed by atoms with Crippen molar-refractivity contribution in [3.05, 3.63) is 77.4 Å². The van der Waals surface area contributed by atoms with Crippen LogP contribution in [0.4, 0.5) is 0 Å². The van der Waals surface area contributed by atoms with E-state index >= 15 is 0 Å². The van der Waals surface area contributed by atoms with Crippen LogP contribution < -0.4 is 4.74 Å². The Hall–Kier alpha value is -3.30. The van der Waals surface area contributed by atoms with Crippen LogP contribution in [-0.4, -0.2) is 70.0 Å². The topological polar surface area (TPSA) is 74.9 Å². The molecule has 2 aromatic heterocycles. The zero-order valence-electron chi connectivity index (χ0n) is 21.7. The summed E-state index contributed by atoms with van der Waals surface area (Å²) >= 11 is 1.67. The molecule has 196 valence electrons. The van der Waals surface area contributed by atoms with Gasteiger partial charge in [0.15, 0.2) is 5.76 Å². The van der Waals surface area contributed by atoms with Crippen LogP contribution in [-0.2, 0) is 6.54 Å². The van der Waals surface area contributed by atoms with Crippen molar-refractivity contribution in [3.63, 3.8) is 0 Å². The van der Waals surface area contributed by atoms with Crippen molar-refractivity contribution in [2.24, 2.45) is 0 Å². The molecule has 7 nitrogen and oxygen atoms in total. The van der Waals surface area contributed by atoms with Gasteiger partial charge < -0.3 is 14.4 Å². The fourth-order valence-corrected chi connectivity index (χ4v) is 6.10. The lowest BCUT2D eigenvalue weighted by Gasteiger charge is -2.40. The van der Waals surface area contributed by atoms with Gasteiger partial charge in [-0.25, -0.2) is 4.98 Å². The SMILES string of the molecule is Cc1nc2cc(OC[C@H](O)CN3CCN(Cc4cc(-c5cccc6ccccc56)on4)C(C)C3)ccc2s1.